The van der Waals surface area contributed by atoms with E-state index in [0.29, 0.717) is 11.5 Å². The second kappa shape index (κ2) is 6.81. The van der Waals surface area contributed by atoms with E-state index >= 15 is 0 Å². The number of primary amides is 1. The quantitative estimate of drug-likeness (QED) is 0.839. The monoisotopic (exact) mass is 345 g/mol. The largest absolute Gasteiger partial charge is 0.465 e. The molecule has 4 heteroatoms. The molecule has 2 unspecified atom stereocenters. The third-order valence-electron chi connectivity index (χ3n) is 5.90. The molecule has 1 amide bonds. The lowest BCUT2D eigenvalue weighted by Crippen LogP contribution is -2.54. The maximum absolute atomic E-state index is 12.8. The van der Waals surface area contributed by atoms with E-state index in [1.807, 2.05) is 19.1 Å². The van der Waals surface area contributed by atoms with Crippen molar-refractivity contribution in [1.29, 1.82) is 0 Å². The highest BCUT2D eigenvalue weighted by Gasteiger charge is 2.53. The van der Waals surface area contributed by atoms with Crippen molar-refractivity contribution in [2.75, 3.05) is 7.11 Å². The lowest BCUT2D eigenvalue weighted by molar-refractivity contribution is -0.130. The van der Waals surface area contributed by atoms with E-state index < -0.39 is 5.41 Å². The molecule has 0 bridgehead atoms. The van der Waals surface area contributed by atoms with Crippen LogP contribution >= 0.6 is 0 Å². The van der Waals surface area contributed by atoms with Crippen LogP contribution in [0, 0.1) is 24.2 Å². The van der Waals surface area contributed by atoms with E-state index in [2.05, 4.69) is 27.7 Å². The van der Waals surface area contributed by atoms with E-state index in [1.165, 1.54) is 7.11 Å². The van der Waals surface area contributed by atoms with Crippen molar-refractivity contribution in [2.24, 2.45) is 23.0 Å². The molecule has 0 heterocycles. The summed E-state index contributed by atoms with van der Waals surface area (Å²) in [5, 5.41) is 0. The average Bonchev–Trinajstić information content (AvgIpc) is 2.52. The molecule has 1 fully saturated rings. The number of ether oxygens (including phenoxy) is 1. The molecule has 0 aromatic heterocycles. The maximum Gasteiger partial charge on any atom is 0.337 e. The lowest BCUT2D eigenvalue weighted by Gasteiger charge is -2.51. The molecule has 1 saturated carbocycles. The summed E-state index contributed by atoms with van der Waals surface area (Å²) in [6, 6.07) is 5.46. The van der Waals surface area contributed by atoms with Gasteiger partial charge >= 0.3 is 5.97 Å². The summed E-state index contributed by atoms with van der Waals surface area (Å²) in [4.78, 5) is 24.7. The Bertz CT molecular complexity index is 678. The Labute approximate surface area is 151 Å². The van der Waals surface area contributed by atoms with Crippen molar-refractivity contribution in [2.45, 2.75) is 59.3 Å². The number of aryl methyl sites for hydroxylation is 1. The minimum atomic E-state index is -0.700. The van der Waals surface area contributed by atoms with Crippen molar-refractivity contribution in [3.8, 4) is 0 Å². The fourth-order valence-electron chi connectivity index (χ4n) is 4.78. The molecule has 2 rings (SSSR count). The molecule has 1 aliphatic rings. The third kappa shape index (κ3) is 3.44. The van der Waals surface area contributed by atoms with Gasteiger partial charge in [0.2, 0.25) is 5.91 Å². The minimum Gasteiger partial charge on any atom is -0.465 e. The number of rotatable bonds is 4. The number of methoxy groups -OCH3 is 1. The van der Waals surface area contributed by atoms with E-state index in [1.54, 1.807) is 6.07 Å². The van der Waals surface area contributed by atoms with E-state index in [4.69, 9.17) is 10.5 Å². The summed E-state index contributed by atoms with van der Waals surface area (Å²) < 4.78 is 4.81. The van der Waals surface area contributed by atoms with Crippen molar-refractivity contribution < 1.29 is 14.3 Å². The van der Waals surface area contributed by atoms with Gasteiger partial charge in [0.1, 0.15) is 0 Å². The van der Waals surface area contributed by atoms with Crippen LogP contribution in [0.2, 0.25) is 0 Å². The second-order valence-corrected chi connectivity index (χ2v) is 8.59. The van der Waals surface area contributed by atoms with Crippen LogP contribution in [-0.2, 0) is 14.9 Å². The number of nitrogens with two attached hydrogens (primary N) is 1. The molecular weight excluding hydrogens is 314 g/mol. The molecule has 1 aromatic carbocycles. The lowest BCUT2D eigenvalue weighted by atomic mass is 9.52. The maximum atomic E-state index is 12.8. The summed E-state index contributed by atoms with van der Waals surface area (Å²) in [6.07, 6.45) is 2.80. The normalized spacial score (nSPS) is 25.6. The van der Waals surface area contributed by atoms with Crippen LogP contribution in [0.4, 0.5) is 0 Å². The molecule has 2 N–H and O–H groups in total. The molecule has 25 heavy (non-hydrogen) atoms. The zero-order valence-corrected chi connectivity index (χ0v) is 16.3. The molecule has 0 spiro atoms. The molecule has 0 radical (unpaired) electrons. The third-order valence-corrected chi connectivity index (χ3v) is 5.90. The standard InChI is InChI=1S/C21H31NO3/c1-13(2)16-9-10-20(4,5)12-21(16,19(22)24)17-8-7-15(11-14(17)3)18(23)25-6/h7-8,11,13,16H,9-10,12H2,1-6H3,(H2,22,24). The molecule has 1 aromatic rings. The summed E-state index contributed by atoms with van der Waals surface area (Å²) in [5.41, 5.74) is 7.77. The number of amides is 1. The Morgan fingerprint density at radius 2 is 1.92 bits per heavy atom. The first-order valence-electron chi connectivity index (χ1n) is 9.04. The SMILES string of the molecule is COC(=O)c1ccc(C2(C(N)=O)CC(C)(C)CCC2C(C)C)c(C)c1. The van der Waals surface area contributed by atoms with E-state index in [-0.39, 0.29) is 23.2 Å². The number of carbonyl (C=O) groups is 2. The van der Waals surface area contributed by atoms with Crippen molar-refractivity contribution in [1.82, 2.24) is 0 Å². The molecule has 2 atom stereocenters. The van der Waals surface area contributed by atoms with E-state index in [0.717, 1.165) is 30.4 Å². The molecule has 4 nitrogen and oxygen atoms in total. The van der Waals surface area contributed by atoms with Crippen LogP contribution in [0.3, 0.4) is 0 Å². The van der Waals surface area contributed by atoms with Gasteiger partial charge in [-0.1, -0.05) is 33.8 Å². The van der Waals surface area contributed by atoms with Crippen molar-refractivity contribution in [3.05, 3.63) is 34.9 Å². The van der Waals surface area contributed by atoms with Gasteiger partial charge in [-0.25, -0.2) is 4.79 Å². The predicted octanol–water partition coefficient (Wildman–Crippen LogP) is 3.99. The fourth-order valence-corrected chi connectivity index (χ4v) is 4.78. The highest BCUT2D eigenvalue weighted by molar-refractivity contribution is 5.91. The Morgan fingerprint density at radius 1 is 1.28 bits per heavy atom. The number of hydrogen-bond acceptors (Lipinski definition) is 3. The van der Waals surface area contributed by atoms with Gasteiger partial charge in [0.05, 0.1) is 18.1 Å². The van der Waals surface area contributed by atoms with Gasteiger partial charge in [0.15, 0.2) is 0 Å². The molecule has 138 valence electrons. The Morgan fingerprint density at radius 3 is 2.40 bits per heavy atom. The smallest absolute Gasteiger partial charge is 0.337 e. The van der Waals surface area contributed by atoms with Crippen LogP contribution in [0.25, 0.3) is 0 Å². The zero-order valence-electron chi connectivity index (χ0n) is 16.3. The van der Waals surface area contributed by atoms with Crippen LogP contribution in [0.1, 0.15) is 68.4 Å². The van der Waals surface area contributed by atoms with Gasteiger partial charge < -0.3 is 10.5 Å². The highest BCUT2D eigenvalue weighted by Crippen LogP contribution is 2.54. The predicted molar refractivity (Wildman–Crippen MR) is 99.4 cm³/mol. The number of esters is 1. The van der Waals surface area contributed by atoms with Crippen molar-refractivity contribution in [3.63, 3.8) is 0 Å². The first-order chi connectivity index (χ1) is 11.5. The van der Waals surface area contributed by atoms with E-state index in [9.17, 15) is 9.59 Å². The van der Waals surface area contributed by atoms with Crippen LogP contribution in [-0.4, -0.2) is 19.0 Å². The Hall–Kier alpha value is -1.84. The topological polar surface area (TPSA) is 69.4 Å². The molecule has 0 saturated heterocycles. The first-order valence-corrected chi connectivity index (χ1v) is 9.04. The van der Waals surface area contributed by atoms with Gasteiger partial charge in [0.25, 0.3) is 0 Å². The van der Waals surface area contributed by atoms with Gasteiger partial charge in [-0.05, 0) is 66.7 Å². The molecule has 0 aliphatic heterocycles. The minimum absolute atomic E-state index is 0.0495. The molecular formula is C21H31NO3. The summed E-state index contributed by atoms with van der Waals surface area (Å²) in [5.74, 6) is -0.0796. The zero-order chi connectivity index (χ0) is 19.0. The first kappa shape index (κ1) is 19.5. The Kier molecular flexibility index (Phi) is 5.31. The van der Waals surface area contributed by atoms with Crippen LogP contribution in [0.15, 0.2) is 18.2 Å². The van der Waals surface area contributed by atoms with Crippen LogP contribution in [0.5, 0.6) is 0 Å². The average molecular weight is 345 g/mol. The number of hydrogen-bond donors (Lipinski definition) is 1. The molecule has 1 aliphatic carbocycles. The van der Waals surface area contributed by atoms with Crippen molar-refractivity contribution >= 4 is 11.9 Å². The summed E-state index contributed by atoms with van der Waals surface area (Å²) in [7, 11) is 1.37. The van der Waals surface area contributed by atoms with Gasteiger partial charge in [-0.15, -0.1) is 0 Å². The summed E-state index contributed by atoms with van der Waals surface area (Å²) in [6.45, 7) is 10.7. The fraction of sp³-hybridized carbons (Fsp3) is 0.619. The second-order valence-electron chi connectivity index (χ2n) is 8.59. The van der Waals surface area contributed by atoms with Gasteiger partial charge in [0, 0.05) is 0 Å². The Balaban J connectivity index is 2.65. The van der Waals surface area contributed by atoms with Gasteiger partial charge in [-0.2, -0.15) is 0 Å². The number of carbonyl (C=O) groups excluding carboxylic acids is 2. The summed E-state index contributed by atoms with van der Waals surface area (Å²) >= 11 is 0. The van der Waals surface area contributed by atoms with Crippen LogP contribution < -0.4 is 5.73 Å². The highest BCUT2D eigenvalue weighted by atomic mass is 16.5. The number of benzene rings is 1. The van der Waals surface area contributed by atoms with Gasteiger partial charge in [-0.3, -0.25) is 4.79 Å².